The lowest BCUT2D eigenvalue weighted by Crippen LogP contribution is -2.40. The van der Waals surface area contributed by atoms with Crippen molar-refractivity contribution in [3.8, 4) is 34.0 Å². The van der Waals surface area contributed by atoms with Gasteiger partial charge in [-0.15, -0.1) is 0 Å². The smallest absolute Gasteiger partial charge is 0.231 e. The van der Waals surface area contributed by atoms with E-state index in [1.807, 2.05) is 0 Å². The number of hydrogen-bond donors (Lipinski definition) is 2. The maximum atomic E-state index is 13.7. The van der Waals surface area contributed by atoms with E-state index in [1.54, 1.807) is 62.5 Å². The Kier molecular flexibility index (Phi) is 7.17. The third-order valence-electron chi connectivity index (χ3n) is 8.10. The van der Waals surface area contributed by atoms with Gasteiger partial charge in [-0.2, -0.15) is 0 Å². The summed E-state index contributed by atoms with van der Waals surface area (Å²) < 4.78 is 25.6. The highest BCUT2D eigenvalue weighted by Crippen LogP contribution is 2.46. The van der Waals surface area contributed by atoms with Crippen molar-refractivity contribution in [3.05, 3.63) is 89.8 Å². The van der Waals surface area contributed by atoms with Crippen molar-refractivity contribution in [2.75, 3.05) is 6.61 Å². The van der Waals surface area contributed by atoms with E-state index in [-0.39, 0.29) is 37.0 Å². The molecule has 0 spiro atoms. The van der Waals surface area contributed by atoms with Crippen LogP contribution in [0.25, 0.3) is 22.5 Å². The molecule has 4 aromatic rings. The lowest BCUT2D eigenvalue weighted by molar-refractivity contribution is -0.123. The van der Waals surface area contributed by atoms with Gasteiger partial charge in [0.1, 0.15) is 47.0 Å². The summed E-state index contributed by atoms with van der Waals surface area (Å²) in [5, 5.41) is 11.7. The number of amides is 1. The summed E-state index contributed by atoms with van der Waals surface area (Å²) in [6.07, 6.45) is 5.27. The Morgan fingerprint density at radius 2 is 1.93 bits per heavy atom. The van der Waals surface area contributed by atoms with E-state index in [2.05, 4.69) is 9.97 Å². The molecule has 2 atom stereocenters. The van der Waals surface area contributed by atoms with E-state index >= 15 is 0 Å². The predicted molar refractivity (Wildman–Crippen MR) is 156 cm³/mol. The molecule has 1 fully saturated rings. The molecule has 1 amide bonds. The molecule has 3 heterocycles. The number of pyridine rings is 1. The van der Waals surface area contributed by atoms with Crippen LogP contribution >= 0.6 is 0 Å². The van der Waals surface area contributed by atoms with Gasteiger partial charge in [-0.25, -0.2) is 19.3 Å². The zero-order chi connectivity index (χ0) is 30.4. The van der Waals surface area contributed by atoms with Crippen molar-refractivity contribution in [1.29, 1.82) is 0 Å². The quantitative estimate of drug-likeness (QED) is 0.252. The number of nitrogens with two attached hydrogens (primary N) is 1. The molecule has 2 aliphatic rings. The van der Waals surface area contributed by atoms with Crippen LogP contribution in [-0.2, 0) is 15.8 Å². The van der Waals surface area contributed by atoms with E-state index in [0.29, 0.717) is 45.1 Å². The van der Waals surface area contributed by atoms with Crippen LogP contribution in [0, 0.1) is 5.82 Å². The number of benzene rings is 2. The van der Waals surface area contributed by atoms with Crippen molar-refractivity contribution in [2.24, 2.45) is 5.73 Å². The maximum Gasteiger partial charge on any atom is 0.231 e. The van der Waals surface area contributed by atoms with Gasteiger partial charge in [0.2, 0.25) is 5.91 Å². The number of nitrogens with zero attached hydrogens (tertiary/aromatic N) is 3. The number of rotatable bonds is 10. The molecule has 0 saturated heterocycles. The van der Waals surface area contributed by atoms with E-state index < -0.39 is 22.7 Å². The van der Waals surface area contributed by atoms with Gasteiger partial charge in [0.15, 0.2) is 5.78 Å². The molecular formula is C33H31FN4O5. The first-order valence-electron chi connectivity index (χ1n) is 14.1. The Bertz CT molecular complexity index is 1710. The van der Waals surface area contributed by atoms with E-state index in [4.69, 9.17) is 20.2 Å². The fourth-order valence-corrected chi connectivity index (χ4v) is 5.12. The molecular weight excluding hydrogens is 551 g/mol. The molecule has 6 rings (SSSR count). The summed E-state index contributed by atoms with van der Waals surface area (Å²) in [5.74, 6) is -0.176. The minimum absolute atomic E-state index is 0.00669. The zero-order valence-corrected chi connectivity index (χ0v) is 23.8. The Morgan fingerprint density at radius 1 is 1.16 bits per heavy atom. The third kappa shape index (κ3) is 5.58. The average Bonchev–Trinajstić information content (AvgIpc) is 3.76. The molecule has 3 N–H and O–H groups in total. The first-order chi connectivity index (χ1) is 20.5. The number of carbonyl (C=O) groups is 2. The fraction of sp³-hybridized carbons (Fsp3) is 0.303. The molecule has 1 aliphatic carbocycles. The molecule has 0 radical (unpaired) electrons. The van der Waals surface area contributed by atoms with Gasteiger partial charge in [-0.1, -0.05) is 0 Å². The first kappa shape index (κ1) is 28.4. The number of aliphatic hydroxyl groups is 1. The summed E-state index contributed by atoms with van der Waals surface area (Å²) in [6, 6.07) is 14.3. The van der Waals surface area contributed by atoms with Gasteiger partial charge in [-0.3, -0.25) is 9.59 Å². The Balaban J connectivity index is 1.30. The van der Waals surface area contributed by atoms with Gasteiger partial charge in [-0.05, 0) is 87.7 Å². The fourth-order valence-electron chi connectivity index (χ4n) is 5.12. The van der Waals surface area contributed by atoms with Gasteiger partial charge < -0.3 is 20.3 Å². The lowest BCUT2D eigenvalue weighted by Gasteiger charge is -2.26. The highest BCUT2D eigenvalue weighted by Gasteiger charge is 2.45. The predicted octanol–water partition coefficient (Wildman–Crippen LogP) is 4.89. The number of Topliss-reactive ketones (excluding diaryl/α,β-unsaturated/α-hetero) is 1. The van der Waals surface area contributed by atoms with Crippen LogP contribution in [0.2, 0.25) is 0 Å². The summed E-state index contributed by atoms with van der Waals surface area (Å²) in [7, 11) is 0. The second kappa shape index (κ2) is 10.9. The number of halogens is 1. The minimum Gasteiger partial charge on any atom is -0.490 e. The molecule has 9 nitrogen and oxygen atoms in total. The summed E-state index contributed by atoms with van der Waals surface area (Å²) in [4.78, 5) is 38.9. The van der Waals surface area contributed by atoms with Crippen molar-refractivity contribution >= 4 is 11.7 Å². The number of aromatic nitrogens is 3. The number of carbonyl (C=O) groups excluding carboxylic acids is 2. The molecule has 1 aliphatic heterocycles. The Hall–Kier alpha value is -4.70. The highest BCUT2D eigenvalue weighted by molar-refractivity contribution is 5.97. The van der Waals surface area contributed by atoms with E-state index in [1.165, 1.54) is 18.5 Å². The number of ketones is 1. The molecule has 1 saturated carbocycles. The van der Waals surface area contributed by atoms with Gasteiger partial charge in [0.05, 0.1) is 17.5 Å². The highest BCUT2D eigenvalue weighted by atomic mass is 19.1. The van der Waals surface area contributed by atoms with Gasteiger partial charge >= 0.3 is 0 Å². The molecule has 2 aromatic heterocycles. The Morgan fingerprint density at radius 3 is 2.60 bits per heavy atom. The SMILES string of the molecule is C[C@](O)(CCC(=O)c1ccc(OC2CC2)c(-c2ccncn2)c1)c1cc2c(c(-c3ccc(F)cc3)n1)OC[C@]2(C)C(N)=O. The minimum atomic E-state index is -1.56. The lowest BCUT2D eigenvalue weighted by atomic mass is 9.81. The molecule has 0 unspecified atom stereocenters. The van der Waals surface area contributed by atoms with Gasteiger partial charge in [0, 0.05) is 34.9 Å². The van der Waals surface area contributed by atoms with E-state index in [0.717, 1.165) is 12.8 Å². The van der Waals surface area contributed by atoms with E-state index in [9.17, 15) is 19.1 Å². The number of ether oxygens (including phenoxy) is 2. The second-order valence-corrected chi connectivity index (χ2v) is 11.5. The van der Waals surface area contributed by atoms with Crippen molar-refractivity contribution < 1.29 is 28.6 Å². The molecule has 220 valence electrons. The van der Waals surface area contributed by atoms with Gasteiger partial charge in [0.25, 0.3) is 0 Å². The summed E-state index contributed by atoms with van der Waals surface area (Å²) in [5.41, 5.74) is 6.45. The number of primary amides is 1. The normalized spacial score (nSPS) is 18.8. The zero-order valence-electron chi connectivity index (χ0n) is 23.8. The second-order valence-electron chi connectivity index (χ2n) is 11.5. The third-order valence-corrected chi connectivity index (χ3v) is 8.10. The number of hydrogen-bond acceptors (Lipinski definition) is 8. The summed E-state index contributed by atoms with van der Waals surface area (Å²) >= 11 is 0. The molecule has 43 heavy (non-hydrogen) atoms. The van der Waals surface area contributed by atoms with Crippen LogP contribution in [0.15, 0.2) is 67.1 Å². The standard InChI is InChI=1S/C33H31FN4O5/c1-32(31(35)40)17-42-30-24(32)16-28(38-29(30)19-3-6-21(34)7-4-19)33(2,41)13-11-26(39)20-5-10-27(43-22-8-9-22)23(15-20)25-12-14-36-18-37-25/h3-7,10,12,14-16,18,22,41H,8-9,11,13,17H2,1-2H3,(H2,35,40)/t32-,33-/m0/s1. The van der Waals surface area contributed by atoms with Crippen molar-refractivity contribution in [1.82, 2.24) is 15.0 Å². The molecule has 0 bridgehead atoms. The topological polar surface area (TPSA) is 138 Å². The monoisotopic (exact) mass is 582 g/mol. The molecule has 2 aromatic carbocycles. The van der Waals surface area contributed by atoms with Crippen LogP contribution in [0.5, 0.6) is 11.5 Å². The maximum absolute atomic E-state index is 13.7. The van der Waals surface area contributed by atoms with Crippen LogP contribution in [0.3, 0.4) is 0 Å². The Labute approximate surface area is 247 Å². The average molecular weight is 583 g/mol. The van der Waals surface area contributed by atoms with Crippen molar-refractivity contribution in [2.45, 2.75) is 56.7 Å². The first-order valence-corrected chi connectivity index (χ1v) is 14.1. The van der Waals surface area contributed by atoms with Crippen molar-refractivity contribution in [3.63, 3.8) is 0 Å². The van der Waals surface area contributed by atoms with Crippen LogP contribution in [-0.4, -0.2) is 44.5 Å². The number of fused-ring (bicyclic) bond motifs is 1. The summed E-state index contributed by atoms with van der Waals surface area (Å²) in [6.45, 7) is 3.25. The molecule has 10 heteroatoms. The van der Waals surface area contributed by atoms with Crippen LogP contribution < -0.4 is 15.2 Å². The largest absolute Gasteiger partial charge is 0.490 e. The van der Waals surface area contributed by atoms with Crippen LogP contribution in [0.1, 0.15) is 61.1 Å². The van der Waals surface area contributed by atoms with Crippen LogP contribution in [0.4, 0.5) is 4.39 Å².